The minimum absolute atomic E-state index is 0.0394. The first-order chi connectivity index (χ1) is 12.1. The molecule has 0 spiro atoms. The quantitative estimate of drug-likeness (QED) is 0.910. The van der Waals surface area contributed by atoms with Crippen molar-refractivity contribution in [2.24, 2.45) is 5.92 Å². The summed E-state index contributed by atoms with van der Waals surface area (Å²) in [5.74, 6) is 0.149. The number of hydrogen-bond donors (Lipinski definition) is 1. The zero-order chi connectivity index (χ0) is 17.8. The van der Waals surface area contributed by atoms with Gasteiger partial charge in [0.05, 0.1) is 11.6 Å². The smallest absolute Gasteiger partial charge is 0.150 e. The van der Waals surface area contributed by atoms with Gasteiger partial charge in [0.1, 0.15) is 11.5 Å². The van der Waals surface area contributed by atoms with Crippen molar-refractivity contribution >= 4 is 11.5 Å². The molecule has 1 fully saturated rings. The van der Waals surface area contributed by atoms with Gasteiger partial charge in [-0.3, -0.25) is 0 Å². The Balaban J connectivity index is 1.64. The van der Waals surface area contributed by atoms with Gasteiger partial charge in [0.2, 0.25) is 0 Å². The molecule has 3 rings (SSSR count). The average Bonchev–Trinajstić information content (AvgIpc) is 2.62. The molecule has 2 aromatic rings. The Morgan fingerprint density at radius 1 is 1.24 bits per heavy atom. The summed E-state index contributed by atoms with van der Waals surface area (Å²) in [5, 5.41) is 11.5. The van der Waals surface area contributed by atoms with Gasteiger partial charge in [0.25, 0.3) is 0 Å². The highest BCUT2D eigenvalue weighted by Crippen LogP contribution is 2.23. The zero-order valence-electron chi connectivity index (χ0n) is 14.1. The minimum atomic E-state index is -0.774. The Bertz CT molecular complexity index is 752. The molecule has 1 aliphatic heterocycles. The second-order valence-electron chi connectivity index (χ2n) is 6.47. The van der Waals surface area contributed by atoms with Crippen LogP contribution in [0, 0.1) is 28.9 Å². The number of hydrogen-bond acceptors (Lipinski definition) is 4. The average molecular weight is 342 g/mol. The molecule has 0 radical (unpaired) electrons. The first kappa shape index (κ1) is 17.2. The van der Waals surface area contributed by atoms with Crippen LogP contribution in [0.2, 0.25) is 0 Å². The summed E-state index contributed by atoms with van der Waals surface area (Å²) < 4.78 is 27.7. The number of nitriles is 1. The van der Waals surface area contributed by atoms with E-state index in [0.29, 0.717) is 0 Å². The van der Waals surface area contributed by atoms with Gasteiger partial charge < -0.3 is 10.2 Å². The summed E-state index contributed by atoms with van der Waals surface area (Å²) in [6, 6.07) is 7.62. The van der Waals surface area contributed by atoms with E-state index in [1.807, 2.05) is 12.1 Å². The molecule has 2 heterocycles. The third-order valence-corrected chi connectivity index (χ3v) is 4.56. The summed E-state index contributed by atoms with van der Waals surface area (Å²) in [4.78, 5) is 6.73. The number of rotatable bonds is 4. The van der Waals surface area contributed by atoms with Crippen LogP contribution in [0.25, 0.3) is 0 Å². The molecule has 0 amide bonds. The molecule has 25 heavy (non-hydrogen) atoms. The van der Waals surface area contributed by atoms with Gasteiger partial charge in [0, 0.05) is 25.8 Å². The largest absolute Gasteiger partial charge is 0.376 e. The van der Waals surface area contributed by atoms with Gasteiger partial charge in [-0.1, -0.05) is 13.0 Å². The topological polar surface area (TPSA) is 52.0 Å². The summed E-state index contributed by atoms with van der Waals surface area (Å²) in [5.41, 5.74) is 0.563. The summed E-state index contributed by atoms with van der Waals surface area (Å²) in [6.45, 7) is 4.53. The number of nitrogens with zero attached hydrogens (tertiary/aromatic N) is 3. The van der Waals surface area contributed by atoms with Crippen LogP contribution in [-0.2, 0) is 6.54 Å². The maximum atomic E-state index is 13.9. The summed E-state index contributed by atoms with van der Waals surface area (Å²) in [6.07, 6.45) is 4.06. The van der Waals surface area contributed by atoms with Gasteiger partial charge in [-0.25, -0.2) is 13.8 Å². The second kappa shape index (κ2) is 7.47. The van der Waals surface area contributed by atoms with Crippen molar-refractivity contribution in [3.8, 4) is 6.07 Å². The Labute approximate surface area is 146 Å². The number of piperidine rings is 1. The van der Waals surface area contributed by atoms with Crippen LogP contribution in [-0.4, -0.2) is 18.1 Å². The maximum Gasteiger partial charge on any atom is 0.150 e. The molecular weight excluding hydrogens is 322 g/mol. The molecule has 6 heteroatoms. The molecule has 130 valence electrons. The lowest BCUT2D eigenvalue weighted by Crippen LogP contribution is -2.33. The van der Waals surface area contributed by atoms with Gasteiger partial charge in [-0.15, -0.1) is 0 Å². The fourth-order valence-corrected chi connectivity index (χ4v) is 2.94. The van der Waals surface area contributed by atoms with Crippen LogP contribution in [0.1, 0.15) is 30.9 Å². The van der Waals surface area contributed by atoms with E-state index in [2.05, 4.69) is 22.1 Å². The molecule has 0 bridgehead atoms. The molecule has 0 unspecified atom stereocenters. The second-order valence-corrected chi connectivity index (χ2v) is 6.47. The van der Waals surface area contributed by atoms with Crippen LogP contribution in [0.5, 0.6) is 0 Å². The van der Waals surface area contributed by atoms with Crippen molar-refractivity contribution in [2.75, 3.05) is 23.3 Å². The van der Waals surface area contributed by atoms with Crippen LogP contribution >= 0.6 is 0 Å². The number of nitrogens with one attached hydrogen (secondary N) is 1. The minimum Gasteiger partial charge on any atom is -0.376 e. The Morgan fingerprint density at radius 3 is 2.48 bits per heavy atom. The van der Waals surface area contributed by atoms with Gasteiger partial charge >= 0.3 is 0 Å². The van der Waals surface area contributed by atoms with Gasteiger partial charge in [-0.2, -0.15) is 5.26 Å². The molecule has 4 nitrogen and oxygen atoms in total. The number of aromatic nitrogens is 1. The predicted octanol–water partition coefficient (Wildman–Crippen LogP) is 4.08. The Kier molecular flexibility index (Phi) is 5.13. The van der Waals surface area contributed by atoms with E-state index in [9.17, 15) is 8.78 Å². The lowest BCUT2D eigenvalue weighted by Gasteiger charge is -2.31. The van der Waals surface area contributed by atoms with E-state index in [1.165, 1.54) is 12.8 Å². The van der Waals surface area contributed by atoms with Crippen molar-refractivity contribution in [1.82, 2.24) is 4.98 Å². The van der Waals surface area contributed by atoms with E-state index in [1.54, 1.807) is 12.3 Å². The van der Waals surface area contributed by atoms with Crippen LogP contribution < -0.4 is 10.2 Å². The van der Waals surface area contributed by atoms with E-state index >= 15 is 0 Å². The number of pyridine rings is 1. The zero-order valence-corrected chi connectivity index (χ0v) is 14.1. The molecule has 1 aromatic carbocycles. The van der Waals surface area contributed by atoms with E-state index in [4.69, 9.17) is 5.26 Å². The van der Waals surface area contributed by atoms with Crippen molar-refractivity contribution in [2.45, 2.75) is 26.3 Å². The molecule has 0 saturated carbocycles. The summed E-state index contributed by atoms with van der Waals surface area (Å²) >= 11 is 0. The molecule has 1 aliphatic rings. The van der Waals surface area contributed by atoms with Crippen LogP contribution in [0.15, 0.2) is 30.5 Å². The molecule has 0 atom stereocenters. The lowest BCUT2D eigenvalue weighted by molar-refractivity contribution is 0.436. The third-order valence-electron chi connectivity index (χ3n) is 4.56. The lowest BCUT2D eigenvalue weighted by atomic mass is 9.99. The van der Waals surface area contributed by atoms with Gasteiger partial charge in [-0.05, 0) is 42.5 Å². The first-order valence-electron chi connectivity index (χ1n) is 8.39. The van der Waals surface area contributed by atoms with Crippen molar-refractivity contribution in [1.29, 1.82) is 5.26 Å². The highest BCUT2D eigenvalue weighted by Gasteiger charge is 2.17. The fourth-order valence-electron chi connectivity index (χ4n) is 2.94. The molecule has 0 aliphatic carbocycles. The number of anilines is 2. The van der Waals surface area contributed by atoms with Gasteiger partial charge in [0.15, 0.2) is 11.6 Å². The number of halogens is 2. The summed E-state index contributed by atoms with van der Waals surface area (Å²) in [7, 11) is 0. The predicted molar refractivity (Wildman–Crippen MR) is 93.2 cm³/mol. The Hall–Kier alpha value is -2.68. The Morgan fingerprint density at radius 2 is 1.92 bits per heavy atom. The van der Waals surface area contributed by atoms with E-state index in [0.717, 1.165) is 42.5 Å². The first-order valence-corrected chi connectivity index (χ1v) is 8.39. The van der Waals surface area contributed by atoms with Crippen LogP contribution in [0.4, 0.5) is 20.3 Å². The fraction of sp³-hybridized carbons (Fsp3) is 0.368. The highest BCUT2D eigenvalue weighted by atomic mass is 19.1. The molecule has 1 aromatic heterocycles. The van der Waals surface area contributed by atoms with E-state index in [-0.39, 0.29) is 17.8 Å². The van der Waals surface area contributed by atoms with Crippen molar-refractivity contribution in [3.05, 3.63) is 53.2 Å². The maximum absolute atomic E-state index is 13.9. The molecule has 1 N–H and O–H groups in total. The van der Waals surface area contributed by atoms with Crippen molar-refractivity contribution < 1.29 is 8.78 Å². The van der Waals surface area contributed by atoms with E-state index < -0.39 is 11.6 Å². The molecular formula is C19H20F2N4. The molecule has 1 saturated heterocycles. The highest BCUT2D eigenvalue weighted by molar-refractivity contribution is 5.51. The standard InChI is InChI=1S/C19H20F2N4/c1-13-4-6-25(7-5-13)18-3-2-14(11-23-18)12-24-19-16(20)8-15(10-22)9-17(19)21/h2-3,8-9,11,13,24H,4-7,12H2,1H3. The monoisotopic (exact) mass is 342 g/mol. The van der Waals surface area contributed by atoms with Crippen LogP contribution in [0.3, 0.4) is 0 Å². The van der Waals surface area contributed by atoms with Crippen molar-refractivity contribution in [3.63, 3.8) is 0 Å². The SMILES string of the molecule is CC1CCN(c2ccc(CNc3c(F)cc(C#N)cc3F)cn2)CC1. The number of benzene rings is 1. The normalized spacial score (nSPS) is 15.0. The third kappa shape index (κ3) is 4.05.